The zero-order chi connectivity index (χ0) is 10.9. The van der Waals surface area contributed by atoms with E-state index in [0.717, 1.165) is 35.7 Å². The van der Waals surface area contributed by atoms with Crippen molar-refractivity contribution in [3.63, 3.8) is 0 Å². The van der Waals surface area contributed by atoms with Crippen LogP contribution in [-0.2, 0) is 10.2 Å². The molecule has 0 saturated heterocycles. The average molecular weight is 288 g/mol. The molecule has 0 spiro atoms. The summed E-state index contributed by atoms with van der Waals surface area (Å²) in [5.41, 5.74) is 0.644. The highest BCUT2D eigenvalue weighted by Crippen LogP contribution is 2.43. The van der Waals surface area contributed by atoms with Gasteiger partial charge in [-0.15, -0.1) is 0 Å². The van der Waals surface area contributed by atoms with Crippen LogP contribution >= 0.6 is 27.5 Å². The van der Waals surface area contributed by atoms with Crippen LogP contribution in [0.25, 0.3) is 0 Å². The molecule has 0 radical (unpaired) electrons. The second kappa shape index (κ2) is 4.26. The third-order valence-electron chi connectivity index (χ3n) is 3.23. The summed E-state index contributed by atoms with van der Waals surface area (Å²) in [6.45, 7) is 0. The SMILES string of the molecule is O=C(Cl)C1(c2ccc(Br)cc2)CCCC1. The quantitative estimate of drug-likeness (QED) is 0.751. The topological polar surface area (TPSA) is 17.1 Å². The maximum atomic E-state index is 11.6. The van der Waals surface area contributed by atoms with E-state index in [9.17, 15) is 4.79 Å². The molecule has 2 rings (SSSR count). The van der Waals surface area contributed by atoms with Crippen LogP contribution in [-0.4, -0.2) is 5.24 Å². The molecule has 1 nitrogen and oxygen atoms in total. The molecule has 0 bridgehead atoms. The first-order valence-corrected chi connectivity index (χ1v) is 6.28. The lowest BCUT2D eigenvalue weighted by Crippen LogP contribution is -2.29. The number of carbonyl (C=O) groups excluding carboxylic acids is 1. The lowest BCUT2D eigenvalue weighted by molar-refractivity contribution is -0.116. The molecule has 1 aliphatic rings. The van der Waals surface area contributed by atoms with Gasteiger partial charge in [0, 0.05) is 4.47 Å². The molecule has 0 heterocycles. The van der Waals surface area contributed by atoms with E-state index in [-0.39, 0.29) is 5.24 Å². The molecule has 1 saturated carbocycles. The van der Waals surface area contributed by atoms with E-state index in [2.05, 4.69) is 15.9 Å². The van der Waals surface area contributed by atoms with E-state index < -0.39 is 5.41 Å². The van der Waals surface area contributed by atoms with Crippen molar-refractivity contribution in [1.29, 1.82) is 0 Å². The lowest BCUT2D eigenvalue weighted by Gasteiger charge is -2.24. The highest BCUT2D eigenvalue weighted by molar-refractivity contribution is 9.10. The van der Waals surface area contributed by atoms with Gasteiger partial charge in [-0.3, -0.25) is 4.79 Å². The van der Waals surface area contributed by atoms with Crippen LogP contribution in [0.3, 0.4) is 0 Å². The summed E-state index contributed by atoms with van der Waals surface area (Å²) in [6, 6.07) is 7.93. The van der Waals surface area contributed by atoms with E-state index in [1.54, 1.807) is 0 Å². The summed E-state index contributed by atoms with van der Waals surface area (Å²) in [7, 11) is 0. The zero-order valence-electron chi connectivity index (χ0n) is 8.30. The molecule has 1 fully saturated rings. The van der Waals surface area contributed by atoms with Crippen molar-refractivity contribution >= 4 is 32.8 Å². The van der Waals surface area contributed by atoms with Gasteiger partial charge in [-0.25, -0.2) is 0 Å². The van der Waals surface area contributed by atoms with Crippen molar-refractivity contribution in [2.45, 2.75) is 31.1 Å². The first-order chi connectivity index (χ1) is 7.15. The van der Waals surface area contributed by atoms with Crippen LogP contribution in [0.1, 0.15) is 31.2 Å². The van der Waals surface area contributed by atoms with Gasteiger partial charge in [0.25, 0.3) is 0 Å². The van der Waals surface area contributed by atoms with Gasteiger partial charge in [-0.05, 0) is 42.1 Å². The summed E-state index contributed by atoms with van der Waals surface area (Å²) in [4.78, 5) is 11.6. The van der Waals surface area contributed by atoms with E-state index in [1.807, 2.05) is 24.3 Å². The fourth-order valence-corrected chi connectivity index (χ4v) is 2.91. The molecule has 1 aromatic rings. The maximum absolute atomic E-state index is 11.6. The molecule has 0 unspecified atom stereocenters. The fourth-order valence-electron chi connectivity index (χ4n) is 2.35. The summed E-state index contributed by atoms with van der Waals surface area (Å²) in [6.07, 6.45) is 3.96. The van der Waals surface area contributed by atoms with Crippen molar-refractivity contribution < 1.29 is 4.79 Å². The molecular weight excluding hydrogens is 275 g/mol. The van der Waals surface area contributed by atoms with Crippen LogP contribution in [0.4, 0.5) is 0 Å². The smallest absolute Gasteiger partial charge is 0.232 e. The van der Waals surface area contributed by atoms with Crippen LogP contribution in [0.2, 0.25) is 0 Å². The predicted molar refractivity (Wildman–Crippen MR) is 65.1 cm³/mol. The van der Waals surface area contributed by atoms with Crippen molar-refractivity contribution in [2.75, 3.05) is 0 Å². The van der Waals surface area contributed by atoms with E-state index >= 15 is 0 Å². The maximum Gasteiger partial charge on any atom is 0.232 e. The Kier molecular flexibility index (Phi) is 3.17. The second-order valence-corrected chi connectivity index (χ2v) is 5.33. The predicted octanol–water partition coefficient (Wildman–Crippen LogP) is 4.03. The monoisotopic (exact) mass is 286 g/mol. The molecule has 0 aromatic heterocycles. The highest BCUT2D eigenvalue weighted by atomic mass is 79.9. The zero-order valence-corrected chi connectivity index (χ0v) is 10.6. The van der Waals surface area contributed by atoms with Crippen molar-refractivity contribution in [3.8, 4) is 0 Å². The normalized spacial score (nSPS) is 19.1. The van der Waals surface area contributed by atoms with Crippen molar-refractivity contribution in [1.82, 2.24) is 0 Å². The largest absolute Gasteiger partial charge is 0.280 e. The number of carbonyl (C=O) groups is 1. The van der Waals surface area contributed by atoms with Gasteiger partial charge in [-0.1, -0.05) is 40.9 Å². The minimum atomic E-state index is -0.414. The number of benzene rings is 1. The summed E-state index contributed by atoms with van der Waals surface area (Å²) in [5.74, 6) is 0. The van der Waals surface area contributed by atoms with Crippen LogP contribution in [0.5, 0.6) is 0 Å². The Balaban J connectivity index is 2.41. The molecule has 15 heavy (non-hydrogen) atoms. The molecule has 0 aliphatic heterocycles. The van der Waals surface area contributed by atoms with Crippen LogP contribution in [0.15, 0.2) is 28.7 Å². The Labute approximate surface area is 103 Å². The van der Waals surface area contributed by atoms with Crippen LogP contribution < -0.4 is 0 Å². The third kappa shape index (κ3) is 1.98. The average Bonchev–Trinajstić information content (AvgIpc) is 2.69. The van der Waals surface area contributed by atoms with Gasteiger partial charge >= 0.3 is 0 Å². The summed E-state index contributed by atoms with van der Waals surface area (Å²) < 4.78 is 1.03. The fraction of sp³-hybridized carbons (Fsp3) is 0.417. The Hall–Kier alpha value is -0.340. The van der Waals surface area contributed by atoms with Gasteiger partial charge in [-0.2, -0.15) is 0 Å². The van der Waals surface area contributed by atoms with Crippen LogP contribution in [0, 0.1) is 0 Å². The molecule has 0 N–H and O–H groups in total. The molecule has 0 atom stereocenters. The van der Waals surface area contributed by atoms with Crippen molar-refractivity contribution in [2.24, 2.45) is 0 Å². The lowest BCUT2D eigenvalue weighted by atomic mass is 9.80. The number of halogens is 2. The van der Waals surface area contributed by atoms with Gasteiger partial charge in [0.1, 0.15) is 0 Å². The molecule has 1 aliphatic carbocycles. The third-order valence-corrected chi connectivity index (χ3v) is 4.12. The van der Waals surface area contributed by atoms with E-state index in [4.69, 9.17) is 11.6 Å². The van der Waals surface area contributed by atoms with Crippen molar-refractivity contribution in [3.05, 3.63) is 34.3 Å². The first kappa shape index (κ1) is 11.2. The molecule has 0 amide bonds. The Bertz CT molecular complexity index is 366. The summed E-state index contributed by atoms with van der Waals surface area (Å²) in [5, 5.41) is -0.206. The molecule has 1 aromatic carbocycles. The van der Waals surface area contributed by atoms with E-state index in [1.165, 1.54) is 0 Å². The minimum absolute atomic E-state index is 0.206. The molecule has 3 heteroatoms. The Morgan fingerprint density at radius 3 is 2.20 bits per heavy atom. The number of hydrogen-bond donors (Lipinski definition) is 0. The minimum Gasteiger partial charge on any atom is -0.280 e. The Morgan fingerprint density at radius 1 is 1.20 bits per heavy atom. The standard InChI is InChI=1S/C12H12BrClO/c13-10-5-3-9(4-6-10)12(11(14)15)7-1-2-8-12/h3-6H,1-2,7-8H2. The Morgan fingerprint density at radius 2 is 1.73 bits per heavy atom. The van der Waals surface area contributed by atoms with Gasteiger partial charge in [0.05, 0.1) is 5.41 Å². The molecule has 80 valence electrons. The summed E-state index contributed by atoms with van der Waals surface area (Å²) >= 11 is 9.16. The van der Waals surface area contributed by atoms with Gasteiger partial charge < -0.3 is 0 Å². The molecular formula is C12H12BrClO. The van der Waals surface area contributed by atoms with Gasteiger partial charge in [0.15, 0.2) is 0 Å². The number of hydrogen-bond acceptors (Lipinski definition) is 1. The second-order valence-electron chi connectivity index (χ2n) is 4.07. The first-order valence-electron chi connectivity index (χ1n) is 5.11. The highest BCUT2D eigenvalue weighted by Gasteiger charge is 2.41. The number of rotatable bonds is 2. The van der Waals surface area contributed by atoms with Gasteiger partial charge in [0.2, 0.25) is 5.24 Å². The van der Waals surface area contributed by atoms with E-state index in [0.29, 0.717) is 0 Å².